The third-order valence-corrected chi connectivity index (χ3v) is 7.03. The Hall–Kier alpha value is -2.47. The number of hydrogen-bond acceptors (Lipinski definition) is 8. The number of hydrogen-bond donors (Lipinski definition) is 2. The summed E-state index contributed by atoms with van der Waals surface area (Å²) in [5.74, 6) is 1.20. The monoisotopic (exact) mass is 466 g/mol. The predicted molar refractivity (Wildman–Crippen MR) is 117 cm³/mol. The van der Waals surface area contributed by atoms with Gasteiger partial charge in [-0.05, 0) is 37.9 Å². The van der Waals surface area contributed by atoms with Crippen molar-refractivity contribution in [3.05, 3.63) is 22.6 Å². The molecule has 0 aromatic carbocycles. The molecule has 1 unspecified atom stereocenters. The lowest BCUT2D eigenvalue weighted by atomic mass is 10.1. The summed E-state index contributed by atoms with van der Waals surface area (Å²) >= 11 is 1.65. The van der Waals surface area contributed by atoms with Crippen LogP contribution >= 0.6 is 11.3 Å². The fourth-order valence-electron chi connectivity index (χ4n) is 4.32. The van der Waals surface area contributed by atoms with Gasteiger partial charge in [0.1, 0.15) is 10.6 Å². The molecule has 0 aliphatic carbocycles. The maximum atomic E-state index is 13.2. The second-order valence-corrected chi connectivity index (χ2v) is 9.42. The molecule has 8 nitrogen and oxygen atoms in total. The Kier molecular flexibility index (Phi) is 5.66. The van der Waals surface area contributed by atoms with E-state index in [-0.39, 0.29) is 13.1 Å². The number of aryl methyl sites for hydroxylation is 1. The first-order valence-corrected chi connectivity index (χ1v) is 11.7. The Labute approximate surface area is 187 Å². The van der Waals surface area contributed by atoms with Gasteiger partial charge in [-0.2, -0.15) is 18.2 Å². The summed E-state index contributed by atoms with van der Waals surface area (Å²) in [6.45, 7) is 5.70. The van der Waals surface area contributed by atoms with Gasteiger partial charge in [0, 0.05) is 24.5 Å². The summed E-state index contributed by atoms with van der Waals surface area (Å²) in [5.41, 5.74) is 0. The van der Waals surface area contributed by atoms with E-state index >= 15 is 0 Å². The maximum Gasteiger partial charge on any atom is 0.451 e. The van der Waals surface area contributed by atoms with Crippen LogP contribution in [0.5, 0.6) is 0 Å². The van der Waals surface area contributed by atoms with Crippen LogP contribution in [0.2, 0.25) is 0 Å². The van der Waals surface area contributed by atoms with Gasteiger partial charge >= 0.3 is 6.18 Å². The molecule has 12 heteroatoms. The lowest BCUT2D eigenvalue weighted by Crippen LogP contribution is -2.36. The number of halogens is 3. The van der Waals surface area contributed by atoms with Gasteiger partial charge < -0.3 is 20.1 Å². The molecule has 1 atom stereocenters. The molecule has 0 radical (unpaired) electrons. The zero-order valence-electron chi connectivity index (χ0n) is 17.7. The molecule has 5 rings (SSSR count). The van der Waals surface area contributed by atoms with Gasteiger partial charge in [0.2, 0.25) is 11.8 Å². The second-order valence-electron chi connectivity index (χ2n) is 8.30. The van der Waals surface area contributed by atoms with Crippen LogP contribution in [-0.2, 0) is 25.7 Å². The van der Waals surface area contributed by atoms with E-state index in [1.54, 1.807) is 11.3 Å². The Morgan fingerprint density at radius 1 is 1.25 bits per heavy atom. The van der Waals surface area contributed by atoms with Crippen molar-refractivity contribution in [2.24, 2.45) is 5.92 Å². The lowest BCUT2D eigenvalue weighted by Gasteiger charge is -2.29. The van der Waals surface area contributed by atoms with Crippen LogP contribution in [0.3, 0.4) is 0 Å². The predicted octanol–water partition coefficient (Wildman–Crippen LogP) is 3.30. The first-order chi connectivity index (χ1) is 15.4. The summed E-state index contributed by atoms with van der Waals surface area (Å²) in [7, 11) is 0. The molecular weight excluding hydrogens is 441 g/mol. The molecule has 1 saturated heterocycles. The number of aromatic nitrogens is 5. The van der Waals surface area contributed by atoms with E-state index in [0.717, 1.165) is 59.5 Å². The van der Waals surface area contributed by atoms with E-state index < -0.39 is 12.0 Å². The highest BCUT2D eigenvalue weighted by atomic mass is 32.1. The third kappa shape index (κ3) is 4.13. The highest BCUT2D eigenvalue weighted by molar-refractivity contribution is 7.18. The lowest BCUT2D eigenvalue weighted by molar-refractivity contribution is -0.147. The number of nitrogens with zero attached hydrogens (tertiary/aromatic N) is 6. The van der Waals surface area contributed by atoms with Crippen LogP contribution in [0.25, 0.3) is 10.2 Å². The van der Waals surface area contributed by atoms with E-state index in [1.165, 1.54) is 4.88 Å². The van der Waals surface area contributed by atoms with Crippen molar-refractivity contribution < 1.29 is 13.2 Å². The van der Waals surface area contributed by atoms with Crippen LogP contribution in [0, 0.1) is 5.92 Å². The summed E-state index contributed by atoms with van der Waals surface area (Å²) < 4.78 is 40.8. The van der Waals surface area contributed by atoms with Gasteiger partial charge in [-0.3, -0.25) is 0 Å². The molecule has 2 N–H and O–H groups in total. The summed E-state index contributed by atoms with van der Waals surface area (Å²) in [4.78, 5) is 13.7. The number of nitrogens with one attached hydrogen (secondary N) is 2. The average molecular weight is 467 g/mol. The highest BCUT2D eigenvalue weighted by Gasteiger charge is 2.39. The van der Waals surface area contributed by atoms with E-state index in [2.05, 4.69) is 33.8 Å². The van der Waals surface area contributed by atoms with Crippen LogP contribution < -0.4 is 15.5 Å². The molecule has 2 aliphatic rings. The first kappa shape index (κ1) is 21.4. The minimum Gasteiger partial charge on any atom is -0.354 e. The van der Waals surface area contributed by atoms with Crippen molar-refractivity contribution in [3.8, 4) is 0 Å². The first-order valence-electron chi connectivity index (χ1n) is 10.9. The maximum absolute atomic E-state index is 13.2. The summed E-state index contributed by atoms with van der Waals surface area (Å²) in [6.07, 6.45) is -1.40. The average Bonchev–Trinajstić information content (AvgIpc) is 3.49. The third-order valence-electron chi connectivity index (χ3n) is 5.94. The van der Waals surface area contributed by atoms with Gasteiger partial charge in [-0.25, -0.2) is 4.98 Å². The Morgan fingerprint density at radius 2 is 2.12 bits per heavy atom. The van der Waals surface area contributed by atoms with Crippen molar-refractivity contribution >= 4 is 33.3 Å². The topological polar surface area (TPSA) is 83.8 Å². The summed E-state index contributed by atoms with van der Waals surface area (Å²) in [5, 5.41) is 14.9. The van der Waals surface area contributed by atoms with Gasteiger partial charge in [-0.15, -0.1) is 21.5 Å². The second kappa shape index (κ2) is 8.47. The van der Waals surface area contributed by atoms with Crippen LogP contribution in [0.4, 0.5) is 24.9 Å². The van der Waals surface area contributed by atoms with E-state index in [1.807, 2.05) is 4.90 Å². The highest BCUT2D eigenvalue weighted by Crippen LogP contribution is 2.35. The SMILES string of the molecule is CCCc1cc2c(N3CCn4c(nnc4C(F)(F)F)C3)nc(NCC3CCNC3)nc2s1. The molecule has 0 amide bonds. The summed E-state index contributed by atoms with van der Waals surface area (Å²) in [6, 6.07) is 2.12. The number of anilines is 2. The molecular formula is C20H25F3N8S. The Balaban J connectivity index is 1.46. The fourth-order valence-corrected chi connectivity index (χ4v) is 5.44. The van der Waals surface area contributed by atoms with Crippen molar-refractivity contribution in [1.82, 2.24) is 30.0 Å². The van der Waals surface area contributed by atoms with Crippen molar-refractivity contribution in [3.63, 3.8) is 0 Å². The molecule has 0 saturated carbocycles. The van der Waals surface area contributed by atoms with Crippen molar-refractivity contribution in [1.29, 1.82) is 0 Å². The minimum absolute atomic E-state index is 0.158. The molecule has 32 heavy (non-hydrogen) atoms. The zero-order valence-corrected chi connectivity index (χ0v) is 18.6. The normalized spacial score (nSPS) is 19.0. The van der Waals surface area contributed by atoms with E-state index in [9.17, 15) is 13.2 Å². The van der Waals surface area contributed by atoms with Gasteiger partial charge in [0.15, 0.2) is 5.82 Å². The zero-order chi connectivity index (χ0) is 22.3. The molecule has 3 aromatic heterocycles. The Morgan fingerprint density at radius 3 is 2.88 bits per heavy atom. The standard InChI is InChI=1S/C20H25F3N8S/c1-2-3-13-8-14-16(26-19(27-17(14)32-13)25-10-12-4-5-24-9-12)30-6-7-31-15(11-30)28-29-18(31)20(21,22)23/h8,12,24H,2-7,9-11H2,1H3,(H,25,26,27). The number of thiophene rings is 1. The fraction of sp³-hybridized carbons (Fsp3) is 0.600. The number of rotatable bonds is 6. The van der Waals surface area contributed by atoms with E-state index in [4.69, 9.17) is 9.97 Å². The largest absolute Gasteiger partial charge is 0.451 e. The van der Waals surface area contributed by atoms with Crippen LogP contribution in [-0.4, -0.2) is 50.9 Å². The molecule has 172 valence electrons. The molecule has 1 fully saturated rings. The molecule has 2 aliphatic heterocycles. The van der Waals surface area contributed by atoms with Crippen molar-refractivity contribution in [2.75, 3.05) is 36.4 Å². The van der Waals surface area contributed by atoms with Crippen LogP contribution in [0.1, 0.15) is 36.3 Å². The van der Waals surface area contributed by atoms with Gasteiger partial charge in [-0.1, -0.05) is 13.3 Å². The molecule has 0 bridgehead atoms. The number of fused-ring (bicyclic) bond motifs is 2. The molecule has 3 aromatic rings. The Bertz CT molecular complexity index is 1100. The van der Waals surface area contributed by atoms with Gasteiger partial charge in [0.05, 0.1) is 11.9 Å². The van der Waals surface area contributed by atoms with Crippen molar-refractivity contribution in [2.45, 2.75) is 45.5 Å². The molecule has 0 spiro atoms. The molecule has 5 heterocycles. The van der Waals surface area contributed by atoms with Crippen LogP contribution in [0.15, 0.2) is 6.07 Å². The van der Waals surface area contributed by atoms with E-state index in [0.29, 0.717) is 24.2 Å². The number of alkyl halides is 3. The van der Waals surface area contributed by atoms with Gasteiger partial charge in [0.25, 0.3) is 0 Å². The smallest absolute Gasteiger partial charge is 0.354 e. The minimum atomic E-state index is -4.51. The quantitative estimate of drug-likeness (QED) is 0.577.